The van der Waals surface area contributed by atoms with Crippen LogP contribution in [0.1, 0.15) is 22.3 Å². The van der Waals surface area contributed by atoms with Crippen molar-refractivity contribution in [2.24, 2.45) is 5.73 Å². The Morgan fingerprint density at radius 1 is 1.06 bits per heavy atom. The minimum atomic E-state index is -4.98. The van der Waals surface area contributed by atoms with Crippen molar-refractivity contribution in [2.45, 2.75) is 27.3 Å². The number of hydrogen-bond acceptors (Lipinski definition) is 1. The summed E-state index contributed by atoms with van der Waals surface area (Å²) >= 11 is 1.95. The zero-order chi connectivity index (χ0) is 12.7. The van der Waals surface area contributed by atoms with Crippen LogP contribution in [0.3, 0.4) is 0 Å². The van der Waals surface area contributed by atoms with E-state index in [9.17, 15) is 12.9 Å². The van der Waals surface area contributed by atoms with E-state index in [2.05, 4.69) is 0 Å². The summed E-state index contributed by atoms with van der Waals surface area (Å²) in [7, 11) is 0. The molecule has 0 bridgehead atoms. The Morgan fingerprint density at radius 2 is 1.56 bits per heavy atom. The zero-order valence-corrected chi connectivity index (χ0v) is 11.5. The number of hydrogen-bond donors (Lipinski definition) is 1. The van der Waals surface area contributed by atoms with E-state index >= 15 is 0 Å². The summed E-state index contributed by atoms with van der Waals surface area (Å²) in [6, 6.07) is 0. The highest BCUT2D eigenvalue weighted by Crippen LogP contribution is 2.26. The molecule has 0 atom stereocenters. The molecule has 1 nitrogen and oxygen atoms in total. The second-order valence-corrected chi connectivity index (χ2v) is 4.94. The SMILES string of the molecule is Cc1c(I)c(C)c([B-](F)(F)F)c(C)c1CN. The molecule has 0 fully saturated rings. The van der Waals surface area contributed by atoms with Gasteiger partial charge in [0, 0.05) is 10.1 Å². The molecule has 6 heteroatoms. The summed E-state index contributed by atoms with van der Waals surface area (Å²) in [5.74, 6) is 0. The molecule has 0 radical (unpaired) electrons. The summed E-state index contributed by atoms with van der Waals surface area (Å²) in [5.41, 5.74) is 7.12. The van der Waals surface area contributed by atoms with Gasteiger partial charge in [-0.15, -0.1) is 5.46 Å². The maximum atomic E-state index is 13.0. The van der Waals surface area contributed by atoms with Gasteiger partial charge in [-0.25, -0.2) is 0 Å². The molecule has 2 N–H and O–H groups in total. The number of benzene rings is 1. The molecule has 0 aliphatic carbocycles. The van der Waals surface area contributed by atoms with E-state index in [0.717, 1.165) is 5.56 Å². The van der Waals surface area contributed by atoms with E-state index in [4.69, 9.17) is 5.73 Å². The second-order valence-electron chi connectivity index (χ2n) is 3.86. The van der Waals surface area contributed by atoms with Crippen LogP contribution in [-0.4, -0.2) is 6.98 Å². The highest BCUT2D eigenvalue weighted by atomic mass is 127. The van der Waals surface area contributed by atoms with Crippen LogP contribution in [0, 0.1) is 24.3 Å². The van der Waals surface area contributed by atoms with Crippen molar-refractivity contribution in [3.63, 3.8) is 0 Å². The molecule has 0 saturated carbocycles. The summed E-state index contributed by atoms with van der Waals surface area (Å²) in [4.78, 5) is 0. The fraction of sp³-hybridized carbons (Fsp3) is 0.400. The Morgan fingerprint density at radius 3 is 1.94 bits per heavy atom. The third-order valence-electron chi connectivity index (χ3n) is 2.90. The van der Waals surface area contributed by atoms with E-state index < -0.39 is 12.4 Å². The first-order chi connectivity index (χ1) is 7.21. The normalized spacial score (nSPS) is 12.0. The summed E-state index contributed by atoms with van der Waals surface area (Å²) in [6.07, 6.45) is 0. The third kappa shape index (κ3) is 2.22. The Hall–Kier alpha value is -0.235. The van der Waals surface area contributed by atoms with Crippen molar-refractivity contribution in [2.75, 3.05) is 0 Å². The molecular formula is C10H13BF3IN-. The Labute approximate surface area is 107 Å². The smallest absolute Gasteiger partial charge is 0.445 e. The molecule has 0 unspecified atom stereocenters. The first-order valence-electron chi connectivity index (χ1n) is 4.89. The first kappa shape index (κ1) is 13.8. The quantitative estimate of drug-likeness (QED) is 0.649. The maximum Gasteiger partial charge on any atom is 0.510 e. The Balaban J connectivity index is 3.69. The number of halogens is 4. The molecule has 0 spiro atoms. The van der Waals surface area contributed by atoms with Gasteiger partial charge in [-0.3, -0.25) is 0 Å². The fourth-order valence-corrected chi connectivity index (χ4v) is 2.67. The average molecular weight is 342 g/mol. The van der Waals surface area contributed by atoms with Crippen molar-refractivity contribution in [3.8, 4) is 0 Å². The van der Waals surface area contributed by atoms with Crippen molar-refractivity contribution in [3.05, 3.63) is 25.8 Å². The van der Waals surface area contributed by atoms with Crippen LogP contribution in [0.2, 0.25) is 0 Å². The van der Waals surface area contributed by atoms with E-state index in [1.807, 2.05) is 29.5 Å². The van der Waals surface area contributed by atoms with Gasteiger partial charge in [0.1, 0.15) is 0 Å². The molecule has 0 aliphatic rings. The van der Waals surface area contributed by atoms with Gasteiger partial charge in [-0.1, -0.05) is 11.1 Å². The monoisotopic (exact) mass is 342 g/mol. The topological polar surface area (TPSA) is 26.0 Å². The van der Waals surface area contributed by atoms with Gasteiger partial charge in [0.25, 0.3) is 0 Å². The van der Waals surface area contributed by atoms with E-state index in [1.165, 1.54) is 13.8 Å². The minimum Gasteiger partial charge on any atom is -0.445 e. The molecular weight excluding hydrogens is 329 g/mol. The lowest BCUT2D eigenvalue weighted by Gasteiger charge is -2.26. The van der Waals surface area contributed by atoms with Crippen molar-refractivity contribution in [1.29, 1.82) is 0 Å². The van der Waals surface area contributed by atoms with Crippen LogP contribution in [-0.2, 0) is 6.54 Å². The van der Waals surface area contributed by atoms with Gasteiger partial charge in [-0.2, -0.15) is 0 Å². The Kier molecular flexibility index (Phi) is 3.94. The molecule has 0 aliphatic heterocycles. The molecule has 16 heavy (non-hydrogen) atoms. The van der Waals surface area contributed by atoms with Gasteiger partial charge < -0.3 is 18.7 Å². The van der Waals surface area contributed by atoms with Gasteiger partial charge in [-0.05, 0) is 54.5 Å². The number of nitrogens with two attached hydrogens (primary N) is 1. The third-order valence-corrected chi connectivity index (χ3v) is 4.52. The van der Waals surface area contributed by atoms with Crippen molar-refractivity contribution >= 4 is 35.0 Å². The highest BCUT2D eigenvalue weighted by molar-refractivity contribution is 14.1. The van der Waals surface area contributed by atoms with Gasteiger partial charge in [0.05, 0.1) is 0 Å². The zero-order valence-electron chi connectivity index (χ0n) is 9.37. The van der Waals surface area contributed by atoms with Gasteiger partial charge in [0.2, 0.25) is 0 Å². The first-order valence-corrected chi connectivity index (χ1v) is 5.97. The van der Waals surface area contributed by atoms with E-state index in [-0.39, 0.29) is 12.1 Å². The van der Waals surface area contributed by atoms with Gasteiger partial charge in [0.15, 0.2) is 0 Å². The predicted octanol–water partition coefficient (Wildman–Crippen LogP) is 2.73. The van der Waals surface area contributed by atoms with Crippen LogP contribution in [0.4, 0.5) is 12.9 Å². The molecule has 0 amide bonds. The molecule has 0 saturated heterocycles. The molecule has 1 aromatic rings. The van der Waals surface area contributed by atoms with E-state index in [0.29, 0.717) is 14.7 Å². The van der Waals surface area contributed by atoms with Gasteiger partial charge >= 0.3 is 6.98 Å². The molecule has 90 valence electrons. The van der Waals surface area contributed by atoms with Crippen LogP contribution in [0.15, 0.2) is 0 Å². The van der Waals surface area contributed by atoms with Crippen LogP contribution >= 0.6 is 22.6 Å². The highest BCUT2D eigenvalue weighted by Gasteiger charge is 2.31. The largest absolute Gasteiger partial charge is 0.510 e. The van der Waals surface area contributed by atoms with Crippen LogP contribution in [0.5, 0.6) is 0 Å². The standard InChI is InChI=1S/C10H13BF3IN/c1-5-8(4-16)6(2)10(15)7(3)9(5)11(12,13)14/h4,16H2,1-3H3/q-1. The lowest BCUT2D eigenvalue weighted by molar-refractivity contribution is 0.500. The molecule has 0 heterocycles. The molecule has 1 rings (SSSR count). The summed E-state index contributed by atoms with van der Waals surface area (Å²) in [5, 5.41) is 0. The lowest BCUT2D eigenvalue weighted by atomic mass is 9.72. The minimum absolute atomic E-state index is 0.146. The Bertz CT molecular complexity index is 429. The summed E-state index contributed by atoms with van der Waals surface area (Å²) in [6.45, 7) is 0.0101. The lowest BCUT2D eigenvalue weighted by Crippen LogP contribution is -2.40. The summed E-state index contributed by atoms with van der Waals surface area (Å²) < 4.78 is 39.5. The molecule has 0 aromatic heterocycles. The number of rotatable bonds is 2. The molecule has 1 aromatic carbocycles. The maximum absolute atomic E-state index is 13.0. The van der Waals surface area contributed by atoms with Crippen molar-refractivity contribution in [1.82, 2.24) is 0 Å². The van der Waals surface area contributed by atoms with E-state index in [1.54, 1.807) is 0 Å². The fourth-order valence-electron chi connectivity index (χ4n) is 2.05. The second kappa shape index (κ2) is 4.56. The van der Waals surface area contributed by atoms with Crippen LogP contribution < -0.4 is 11.2 Å². The average Bonchev–Trinajstić information content (AvgIpc) is 2.13. The van der Waals surface area contributed by atoms with Crippen LogP contribution in [0.25, 0.3) is 0 Å². The predicted molar refractivity (Wildman–Crippen MR) is 70.0 cm³/mol. The van der Waals surface area contributed by atoms with Crippen molar-refractivity contribution < 1.29 is 12.9 Å².